The van der Waals surface area contributed by atoms with Crippen LogP contribution >= 0.6 is 0 Å². The fourth-order valence-corrected chi connectivity index (χ4v) is 4.08. The molecule has 0 N–H and O–H groups in total. The number of nitrogens with zero attached hydrogens (tertiary/aromatic N) is 3. The van der Waals surface area contributed by atoms with Gasteiger partial charge in [0, 0.05) is 62.6 Å². The van der Waals surface area contributed by atoms with Crippen molar-refractivity contribution in [3.63, 3.8) is 0 Å². The number of benzene rings is 2. The molecular weight excluding hydrogens is 381 g/mol. The molecule has 0 atom stereocenters. The lowest BCUT2D eigenvalue weighted by molar-refractivity contribution is -0.127. The molecule has 0 aliphatic carbocycles. The van der Waals surface area contributed by atoms with Crippen molar-refractivity contribution >= 4 is 11.6 Å². The summed E-state index contributed by atoms with van der Waals surface area (Å²) >= 11 is 0. The van der Waals surface area contributed by atoms with E-state index in [1.165, 1.54) is 6.07 Å². The van der Waals surface area contributed by atoms with E-state index in [2.05, 4.69) is 21.9 Å². The quantitative estimate of drug-likeness (QED) is 0.759. The number of carbonyl (C=O) groups is 1. The molecule has 0 unspecified atom stereocenters. The first kappa shape index (κ1) is 20.4. The van der Waals surface area contributed by atoms with Gasteiger partial charge < -0.3 is 14.5 Å². The normalized spacial score (nSPS) is 17.6. The highest BCUT2D eigenvalue weighted by Crippen LogP contribution is 2.22. The molecule has 158 valence electrons. The number of carbonyl (C=O) groups excluding carboxylic acids is 1. The number of rotatable bonds is 5. The van der Waals surface area contributed by atoms with E-state index in [0.29, 0.717) is 25.1 Å². The first-order valence-corrected chi connectivity index (χ1v) is 10.5. The molecule has 1 saturated heterocycles. The van der Waals surface area contributed by atoms with Crippen LogP contribution in [0.15, 0.2) is 60.2 Å². The highest BCUT2D eigenvalue weighted by atomic mass is 19.1. The van der Waals surface area contributed by atoms with Crippen LogP contribution in [0.4, 0.5) is 10.1 Å². The Balaban J connectivity index is 1.29. The molecule has 0 aromatic heterocycles. The van der Waals surface area contributed by atoms with Gasteiger partial charge in [-0.15, -0.1) is 0 Å². The molecular formula is C24H28FN3O2. The van der Waals surface area contributed by atoms with Crippen molar-refractivity contribution in [3.05, 3.63) is 71.6 Å². The SMILES string of the molecule is COc1ccc(N2CCN(C(=O)C3=CCN(Cc4ccccc4F)CC3)CC2)cc1. The summed E-state index contributed by atoms with van der Waals surface area (Å²) in [6.45, 7) is 5.13. The second-order valence-electron chi connectivity index (χ2n) is 7.78. The molecule has 1 amide bonds. The number of piperazine rings is 1. The van der Waals surface area contributed by atoms with Crippen LogP contribution in [-0.4, -0.2) is 62.1 Å². The van der Waals surface area contributed by atoms with Crippen molar-refractivity contribution in [2.75, 3.05) is 51.3 Å². The number of anilines is 1. The molecule has 0 spiro atoms. The molecule has 30 heavy (non-hydrogen) atoms. The largest absolute Gasteiger partial charge is 0.497 e. The maximum Gasteiger partial charge on any atom is 0.249 e. The van der Waals surface area contributed by atoms with Crippen LogP contribution < -0.4 is 9.64 Å². The second kappa shape index (κ2) is 9.30. The molecule has 5 nitrogen and oxygen atoms in total. The van der Waals surface area contributed by atoms with Gasteiger partial charge in [0.25, 0.3) is 0 Å². The van der Waals surface area contributed by atoms with E-state index >= 15 is 0 Å². The van der Waals surface area contributed by atoms with E-state index in [1.807, 2.05) is 35.2 Å². The fourth-order valence-electron chi connectivity index (χ4n) is 4.08. The van der Waals surface area contributed by atoms with Crippen molar-refractivity contribution < 1.29 is 13.9 Å². The van der Waals surface area contributed by atoms with E-state index in [9.17, 15) is 9.18 Å². The molecule has 2 aliphatic rings. The number of amides is 1. The minimum absolute atomic E-state index is 0.148. The smallest absolute Gasteiger partial charge is 0.249 e. The minimum Gasteiger partial charge on any atom is -0.497 e. The lowest BCUT2D eigenvalue weighted by Crippen LogP contribution is -2.49. The van der Waals surface area contributed by atoms with Crippen molar-refractivity contribution in [2.45, 2.75) is 13.0 Å². The van der Waals surface area contributed by atoms with Crippen LogP contribution in [0.5, 0.6) is 5.75 Å². The zero-order chi connectivity index (χ0) is 20.9. The summed E-state index contributed by atoms with van der Waals surface area (Å²) < 4.78 is 19.1. The number of methoxy groups -OCH3 is 1. The zero-order valence-corrected chi connectivity index (χ0v) is 17.4. The maximum atomic E-state index is 13.9. The van der Waals surface area contributed by atoms with Crippen molar-refractivity contribution in [3.8, 4) is 5.75 Å². The van der Waals surface area contributed by atoms with E-state index < -0.39 is 0 Å². The topological polar surface area (TPSA) is 36.0 Å². The molecule has 6 heteroatoms. The molecule has 2 aliphatic heterocycles. The lowest BCUT2D eigenvalue weighted by Gasteiger charge is -2.37. The Labute approximate surface area is 177 Å². The Morgan fingerprint density at radius 2 is 1.73 bits per heavy atom. The van der Waals surface area contributed by atoms with E-state index in [4.69, 9.17) is 4.74 Å². The van der Waals surface area contributed by atoms with E-state index in [0.717, 1.165) is 49.7 Å². The van der Waals surface area contributed by atoms with Gasteiger partial charge in [0.2, 0.25) is 5.91 Å². The van der Waals surface area contributed by atoms with Crippen molar-refractivity contribution in [1.82, 2.24) is 9.80 Å². The third-order valence-electron chi connectivity index (χ3n) is 5.92. The Kier molecular flexibility index (Phi) is 6.33. The molecule has 2 aromatic carbocycles. The predicted octanol–water partition coefficient (Wildman–Crippen LogP) is 3.32. The zero-order valence-electron chi connectivity index (χ0n) is 17.4. The van der Waals surface area contributed by atoms with Gasteiger partial charge in [-0.2, -0.15) is 0 Å². The molecule has 2 aromatic rings. The molecule has 0 radical (unpaired) electrons. The second-order valence-corrected chi connectivity index (χ2v) is 7.78. The molecule has 0 saturated carbocycles. The standard InChI is InChI=1S/C24H28FN3O2/c1-30-22-8-6-21(7-9-22)27-14-16-28(17-15-27)24(29)19-10-12-26(13-11-19)18-20-4-2-3-5-23(20)25/h2-10H,11-18H2,1H3. The number of hydrogen-bond acceptors (Lipinski definition) is 4. The Bertz CT molecular complexity index is 905. The lowest BCUT2D eigenvalue weighted by atomic mass is 10.1. The van der Waals surface area contributed by atoms with Gasteiger partial charge in [0.1, 0.15) is 11.6 Å². The highest BCUT2D eigenvalue weighted by Gasteiger charge is 2.25. The first-order chi connectivity index (χ1) is 14.6. The number of hydrogen-bond donors (Lipinski definition) is 0. The summed E-state index contributed by atoms with van der Waals surface area (Å²) in [5.41, 5.74) is 2.75. The first-order valence-electron chi connectivity index (χ1n) is 10.5. The van der Waals surface area contributed by atoms with E-state index in [-0.39, 0.29) is 11.7 Å². The van der Waals surface area contributed by atoms with Crippen molar-refractivity contribution in [2.24, 2.45) is 0 Å². The Morgan fingerprint density at radius 3 is 2.37 bits per heavy atom. The third kappa shape index (κ3) is 4.65. The van der Waals surface area contributed by atoms with Crippen LogP contribution in [0.3, 0.4) is 0 Å². The average Bonchev–Trinajstić information content (AvgIpc) is 2.81. The van der Waals surface area contributed by atoms with Crippen LogP contribution in [0.25, 0.3) is 0 Å². The summed E-state index contributed by atoms with van der Waals surface area (Å²) in [6, 6.07) is 14.9. The van der Waals surface area contributed by atoms with Gasteiger partial charge in [0.15, 0.2) is 0 Å². The van der Waals surface area contributed by atoms with E-state index in [1.54, 1.807) is 13.2 Å². The van der Waals surface area contributed by atoms with Gasteiger partial charge in [-0.25, -0.2) is 4.39 Å². The van der Waals surface area contributed by atoms with Crippen LogP contribution in [0.2, 0.25) is 0 Å². The molecule has 4 rings (SSSR count). The summed E-state index contributed by atoms with van der Waals surface area (Å²) in [5.74, 6) is 0.828. The minimum atomic E-state index is -0.168. The fraction of sp³-hybridized carbons (Fsp3) is 0.375. The molecule has 2 heterocycles. The molecule has 0 bridgehead atoms. The monoisotopic (exact) mass is 409 g/mol. The maximum absolute atomic E-state index is 13.9. The molecule has 1 fully saturated rings. The summed E-state index contributed by atoms with van der Waals surface area (Å²) in [4.78, 5) is 19.4. The highest BCUT2D eigenvalue weighted by molar-refractivity contribution is 5.93. The van der Waals surface area contributed by atoms with Gasteiger partial charge in [-0.1, -0.05) is 24.3 Å². The van der Waals surface area contributed by atoms with Crippen molar-refractivity contribution in [1.29, 1.82) is 0 Å². The average molecular weight is 410 g/mol. The third-order valence-corrected chi connectivity index (χ3v) is 5.92. The Morgan fingerprint density at radius 1 is 1.00 bits per heavy atom. The van der Waals surface area contributed by atoms with Crippen LogP contribution in [0, 0.1) is 5.82 Å². The van der Waals surface area contributed by atoms with Gasteiger partial charge in [0.05, 0.1) is 7.11 Å². The predicted molar refractivity (Wildman–Crippen MR) is 116 cm³/mol. The van der Waals surface area contributed by atoms with Gasteiger partial charge in [-0.3, -0.25) is 9.69 Å². The summed E-state index contributed by atoms with van der Waals surface area (Å²) in [7, 11) is 1.67. The number of halogens is 1. The van der Waals surface area contributed by atoms with Crippen LogP contribution in [0.1, 0.15) is 12.0 Å². The van der Waals surface area contributed by atoms with Crippen LogP contribution in [-0.2, 0) is 11.3 Å². The summed E-state index contributed by atoms with van der Waals surface area (Å²) in [5, 5.41) is 0. The number of ether oxygens (including phenoxy) is 1. The van der Waals surface area contributed by atoms with Gasteiger partial charge in [-0.05, 0) is 36.8 Å². The van der Waals surface area contributed by atoms with Gasteiger partial charge >= 0.3 is 0 Å². The summed E-state index contributed by atoms with van der Waals surface area (Å²) in [6.07, 6.45) is 2.73. The Hall–Kier alpha value is -2.86.